The first-order chi connectivity index (χ1) is 14.1. The summed E-state index contributed by atoms with van der Waals surface area (Å²) in [5, 5.41) is 2.82. The number of para-hydroxylation sites is 2. The van der Waals surface area contributed by atoms with Gasteiger partial charge in [0.15, 0.2) is 0 Å². The number of anilines is 2. The highest BCUT2D eigenvalue weighted by molar-refractivity contribution is 5.92. The molecular weight excluding hydrogens is 376 g/mol. The minimum atomic E-state index is -0.338. The van der Waals surface area contributed by atoms with Crippen molar-refractivity contribution in [2.75, 3.05) is 50.2 Å². The van der Waals surface area contributed by atoms with Crippen LogP contribution in [0.5, 0.6) is 5.75 Å². The van der Waals surface area contributed by atoms with Gasteiger partial charge in [0.2, 0.25) is 11.9 Å². The molecule has 1 aliphatic rings. The van der Waals surface area contributed by atoms with Crippen molar-refractivity contribution in [3.63, 3.8) is 0 Å². The average molecular weight is 402 g/mol. The van der Waals surface area contributed by atoms with Crippen molar-refractivity contribution in [2.24, 2.45) is 0 Å². The number of aromatic nitrogens is 2. The van der Waals surface area contributed by atoms with Gasteiger partial charge in [0, 0.05) is 26.3 Å². The maximum Gasteiger partial charge on any atom is 0.255 e. The van der Waals surface area contributed by atoms with Gasteiger partial charge >= 0.3 is 0 Å². The Morgan fingerprint density at radius 3 is 2.76 bits per heavy atom. The van der Waals surface area contributed by atoms with Gasteiger partial charge in [-0.3, -0.25) is 14.2 Å². The molecule has 29 heavy (non-hydrogen) atoms. The number of nitrogens with one attached hydrogen (secondary N) is 1. The van der Waals surface area contributed by atoms with Crippen molar-refractivity contribution in [1.82, 2.24) is 9.55 Å². The number of ether oxygens (including phenoxy) is 3. The molecule has 0 bridgehead atoms. The van der Waals surface area contributed by atoms with Crippen molar-refractivity contribution in [3.05, 3.63) is 46.4 Å². The van der Waals surface area contributed by atoms with Crippen molar-refractivity contribution in [1.29, 1.82) is 0 Å². The lowest BCUT2D eigenvalue weighted by Crippen LogP contribution is -2.42. The minimum absolute atomic E-state index is 0.160. The van der Waals surface area contributed by atoms with E-state index in [9.17, 15) is 9.59 Å². The minimum Gasteiger partial charge on any atom is -0.492 e. The molecule has 1 N–H and O–H groups in total. The molecule has 2 heterocycles. The van der Waals surface area contributed by atoms with E-state index in [4.69, 9.17) is 14.2 Å². The normalized spacial score (nSPS) is 13.9. The third kappa shape index (κ3) is 5.33. The molecule has 2 aromatic rings. The van der Waals surface area contributed by atoms with E-state index in [2.05, 4.69) is 10.3 Å². The van der Waals surface area contributed by atoms with Crippen molar-refractivity contribution in [2.45, 2.75) is 20.1 Å². The number of carbonyl (C=O) groups is 1. The van der Waals surface area contributed by atoms with Crippen LogP contribution < -0.4 is 20.5 Å². The van der Waals surface area contributed by atoms with Crippen LogP contribution in [0.2, 0.25) is 0 Å². The second-order valence-electron chi connectivity index (χ2n) is 6.48. The third-order valence-electron chi connectivity index (χ3n) is 4.39. The van der Waals surface area contributed by atoms with E-state index in [1.165, 1.54) is 10.6 Å². The number of amides is 1. The zero-order valence-electron chi connectivity index (χ0n) is 16.7. The first kappa shape index (κ1) is 20.8. The summed E-state index contributed by atoms with van der Waals surface area (Å²) in [5.41, 5.74) is 0.781. The summed E-state index contributed by atoms with van der Waals surface area (Å²) in [6, 6.07) is 8.58. The zero-order chi connectivity index (χ0) is 20.6. The van der Waals surface area contributed by atoms with Crippen molar-refractivity contribution in [3.8, 4) is 5.75 Å². The van der Waals surface area contributed by atoms with Gasteiger partial charge in [-0.2, -0.15) is 0 Å². The Hall–Kier alpha value is -2.91. The Labute approximate surface area is 169 Å². The van der Waals surface area contributed by atoms with E-state index < -0.39 is 0 Å². The fourth-order valence-corrected chi connectivity index (χ4v) is 3.10. The Morgan fingerprint density at radius 1 is 1.28 bits per heavy atom. The predicted molar refractivity (Wildman–Crippen MR) is 108 cm³/mol. The van der Waals surface area contributed by atoms with Gasteiger partial charge in [-0.15, -0.1) is 0 Å². The highest BCUT2D eigenvalue weighted by atomic mass is 16.5. The van der Waals surface area contributed by atoms with Crippen molar-refractivity contribution < 1.29 is 19.0 Å². The largest absolute Gasteiger partial charge is 0.492 e. The molecule has 0 atom stereocenters. The fraction of sp³-hybridized carbons (Fsp3) is 0.450. The predicted octanol–water partition coefficient (Wildman–Crippen LogP) is 1.26. The van der Waals surface area contributed by atoms with Crippen LogP contribution >= 0.6 is 0 Å². The van der Waals surface area contributed by atoms with Crippen LogP contribution in [-0.4, -0.2) is 55.5 Å². The topological polar surface area (TPSA) is 94.9 Å². The van der Waals surface area contributed by atoms with Crippen LogP contribution in [-0.2, 0) is 27.4 Å². The second-order valence-corrected chi connectivity index (χ2v) is 6.48. The van der Waals surface area contributed by atoms with Crippen LogP contribution in [0.15, 0.2) is 35.1 Å². The summed E-state index contributed by atoms with van der Waals surface area (Å²) in [6.07, 6.45) is 0. The zero-order valence-corrected chi connectivity index (χ0v) is 16.7. The first-order valence-electron chi connectivity index (χ1n) is 9.56. The maximum atomic E-state index is 12.7. The van der Waals surface area contributed by atoms with Crippen LogP contribution in [0.4, 0.5) is 11.6 Å². The Kier molecular flexibility index (Phi) is 7.20. The number of benzene rings is 1. The van der Waals surface area contributed by atoms with Gasteiger partial charge in [-0.25, -0.2) is 4.98 Å². The van der Waals surface area contributed by atoms with E-state index in [1.807, 2.05) is 24.0 Å². The highest BCUT2D eigenvalue weighted by Crippen LogP contribution is 2.23. The molecule has 9 heteroatoms. The van der Waals surface area contributed by atoms with Gasteiger partial charge in [-0.05, 0) is 19.1 Å². The summed E-state index contributed by atoms with van der Waals surface area (Å²) >= 11 is 0. The number of hydrogen-bond donors (Lipinski definition) is 1. The molecule has 0 saturated carbocycles. The monoisotopic (exact) mass is 402 g/mol. The molecule has 0 spiro atoms. The molecule has 0 unspecified atom stereocenters. The molecule has 1 aliphatic heterocycles. The molecular formula is C20H26N4O5. The molecule has 1 aromatic carbocycles. The van der Waals surface area contributed by atoms with Gasteiger partial charge in [0.05, 0.1) is 37.8 Å². The molecule has 1 amide bonds. The Morgan fingerprint density at radius 2 is 2.03 bits per heavy atom. The highest BCUT2D eigenvalue weighted by Gasteiger charge is 2.20. The van der Waals surface area contributed by atoms with E-state index in [-0.39, 0.29) is 24.6 Å². The van der Waals surface area contributed by atoms with E-state index >= 15 is 0 Å². The maximum absolute atomic E-state index is 12.7. The summed E-state index contributed by atoms with van der Waals surface area (Å²) < 4.78 is 17.4. The van der Waals surface area contributed by atoms with E-state index in [0.717, 1.165) is 0 Å². The molecule has 1 saturated heterocycles. The second kappa shape index (κ2) is 10.0. The Balaban J connectivity index is 1.85. The third-order valence-corrected chi connectivity index (χ3v) is 4.39. The van der Waals surface area contributed by atoms with Crippen LogP contribution in [0.1, 0.15) is 12.6 Å². The number of methoxy groups -OCH3 is 1. The van der Waals surface area contributed by atoms with E-state index in [1.54, 1.807) is 19.2 Å². The van der Waals surface area contributed by atoms with Gasteiger partial charge in [0.1, 0.15) is 12.3 Å². The lowest BCUT2D eigenvalue weighted by Gasteiger charge is -2.29. The first-order valence-corrected chi connectivity index (χ1v) is 9.56. The lowest BCUT2D eigenvalue weighted by atomic mass is 10.3. The lowest BCUT2D eigenvalue weighted by molar-refractivity contribution is -0.116. The van der Waals surface area contributed by atoms with Gasteiger partial charge in [-0.1, -0.05) is 12.1 Å². The standard InChI is InChI=1S/C20H26N4O5/c1-3-29-17-7-5-4-6-16(17)22-18(25)13-24-19(26)12-15(14-27-2)21-20(24)23-8-10-28-11-9-23/h4-7,12H,3,8-11,13-14H2,1-2H3,(H,22,25). The number of morpholine rings is 1. The SMILES string of the molecule is CCOc1ccccc1NC(=O)Cn1c(N2CCOCC2)nc(COC)cc1=O. The van der Waals surface area contributed by atoms with Crippen molar-refractivity contribution >= 4 is 17.5 Å². The summed E-state index contributed by atoms with van der Waals surface area (Å²) in [4.78, 5) is 32.0. The molecule has 0 radical (unpaired) electrons. The quantitative estimate of drug-likeness (QED) is 0.710. The summed E-state index contributed by atoms with van der Waals surface area (Å²) in [7, 11) is 1.55. The van der Waals surface area contributed by atoms with Gasteiger partial charge in [0.25, 0.3) is 5.56 Å². The van der Waals surface area contributed by atoms with Crippen LogP contribution in [0, 0.1) is 0 Å². The molecule has 156 valence electrons. The average Bonchev–Trinajstić information content (AvgIpc) is 2.72. The van der Waals surface area contributed by atoms with Crippen LogP contribution in [0.3, 0.4) is 0 Å². The fourth-order valence-electron chi connectivity index (χ4n) is 3.10. The van der Waals surface area contributed by atoms with E-state index in [0.29, 0.717) is 56.0 Å². The number of nitrogens with zero attached hydrogens (tertiary/aromatic N) is 3. The molecule has 9 nitrogen and oxygen atoms in total. The number of hydrogen-bond acceptors (Lipinski definition) is 7. The molecule has 1 aromatic heterocycles. The Bertz CT molecular complexity index is 893. The number of rotatable bonds is 8. The van der Waals surface area contributed by atoms with Gasteiger partial charge < -0.3 is 24.4 Å². The summed E-state index contributed by atoms with van der Waals surface area (Å²) in [6.45, 7) is 4.69. The molecule has 3 rings (SSSR count). The summed E-state index contributed by atoms with van der Waals surface area (Å²) in [5.74, 6) is 0.689. The van der Waals surface area contributed by atoms with Crippen LogP contribution in [0.25, 0.3) is 0 Å². The number of carbonyl (C=O) groups excluding carboxylic acids is 1. The smallest absolute Gasteiger partial charge is 0.255 e. The molecule has 1 fully saturated rings. The molecule has 0 aliphatic carbocycles.